The molecule has 0 bridgehead atoms. The van der Waals surface area contributed by atoms with E-state index in [0.29, 0.717) is 12.5 Å². The molecule has 0 saturated carbocycles. The van der Waals surface area contributed by atoms with E-state index in [2.05, 4.69) is 25.9 Å². The van der Waals surface area contributed by atoms with Crippen molar-refractivity contribution in [3.63, 3.8) is 0 Å². The maximum Gasteiger partial charge on any atom is 0.229 e. The van der Waals surface area contributed by atoms with E-state index in [0.717, 1.165) is 10.2 Å². The van der Waals surface area contributed by atoms with Crippen LogP contribution >= 0.6 is 15.9 Å². The molecule has 5 heteroatoms. The number of aromatic nitrogens is 2. The van der Waals surface area contributed by atoms with Crippen LogP contribution in [0.25, 0.3) is 0 Å². The third kappa shape index (κ3) is 2.79. The van der Waals surface area contributed by atoms with Gasteiger partial charge in [0.25, 0.3) is 0 Å². The standard InChI is InChI=1S/C12H11BrFN3/c1-2-17(11-5-3-9(13)4-6-11)12-15-7-10(14)8-16-12/h3-8H,2H2,1H3. The Morgan fingerprint density at radius 1 is 1.18 bits per heavy atom. The fraction of sp³-hybridized carbons (Fsp3) is 0.167. The summed E-state index contributed by atoms with van der Waals surface area (Å²) in [4.78, 5) is 9.86. The molecular formula is C12H11BrFN3. The summed E-state index contributed by atoms with van der Waals surface area (Å²) in [5.41, 5.74) is 0.974. The van der Waals surface area contributed by atoms with Gasteiger partial charge < -0.3 is 4.90 Å². The topological polar surface area (TPSA) is 29.0 Å². The van der Waals surface area contributed by atoms with Crippen LogP contribution in [0.1, 0.15) is 6.92 Å². The summed E-state index contributed by atoms with van der Waals surface area (Å²) in [6.07, 6.45) is 2.34. The molecule has 0 N–H and O–H groups in total. The molecule has 2 rings (SSSR count). The second-order valence-corrected chi connectivity index (χ2v) is 4.34. The van der Waals surface area contributed by atoms with E-state index in [1.165, 1.54) is 12.4 Å². The second kappa shape index (κ2) is 5.23. The second-order valence-electron chi connectivity index (χ2n) is 3.42. The van der Waals surface area contributed by atoms with Crippen molar-refractivity contribution < 1.29 is 4.39 Å². The lowest BCUT2D eigenvalue weighted by Gasteiger charge is -2.20. The van der Waals surface area contributed by atoms with Gasteiger partial charge >= 0.3 is 0 Å². The van der Waals surface area contributed by atoms with E-state index >= 15 is 0 Å². The van der Waals surface area contributed by atoms with Crippen LogP contribution < -0.4 is 4.90 Å². The Hall–Kier alpha value is -1.49. The van der Waals surface area contributed by atoms with Gasteiger partial charge in [-0.3, -0.25) is 0 Å². The van der Waals surface area contributed by atoms with Crippen molar-refractivity contribution in [1.29, 1.82) is 0 Å². The van der Waals surface area contributed by atoms with Gasteiger partial charge in [0.05, 0.1) is 12.4 Å². The third-order valence-corrected chi connectivity index (χ3v) is 2.83. The summed E-state index contributed by atoms with van der Waals surface area (Å²) in [6, 6.07) is 7.81. The number of anilines is 2. The highest BCUT2D eigenvalue weighted by Crippen LogP contribution is 2.23. The molecule has 2 aromatic rings. The third-order valence-electron chi connectivity index (χ3n) is 2.30. The Morgan fingerprint density at radius 2 is 1.76 bits per heavy atom. The number of hydrogen-bond donors (Lipinski definition) is 0. The molecule has 0 atom stereocenters. The van der Waals surface area contributed by atoms with E-state index in [-0.39, 0.29) is 0 Å². The molecule has 1 aromatic heterocycles. The Bertz CT molecular complexity index is 439. The Labute approximate surface area is 107 Å². The van der Waals surface area contributed by atoms with E-state index < -0.39 is 5.82 Å². The van der Waals surface area contributed by atoms with Crippen molar-refractivity contribution in [2.75, 3.05) is 11.4 Å². The van der Waals surface area contributed by atoms with E-state index in [9.17, 15) is 4.39 Å². The van der Waals surface area contributed by atoms with Crippen LogP contribution in [-0.2, 0) is 0 Å². The average molecular weight is 296 g/mol. The molecule has 0 fully saturated rings. The fourth-order valence-corrected chi connectivity index (χ4v) is 1.77. The van der Waals surface area contributed by atoms with Crippen molar-refractivity contribution >= 4 is 27.6 Å². The van der Waals surface area contributed by atoms with Crippen molar-refractivity contribution in [3.8, 4) is 0 Å². The molecule has 1 aromatic carbocycles. The number of benzene rings is 1. The summed E-state index contributed by atoms with van der Waals surface area (Å²) in [5.74, 6) is 0.0665. The van der Waals surface area contributed by atoms with E-state index in [4.69, 9.17) is 0 Å². The van der Waals surface area contributed by atoms with Crippen LogP contribution in [0.15, 0.2) is 41.1 Å². The predicted molar refractivity (Wildman–Crippen MR) is 68.8 cm³/mol. The summed E-state index contributed by atoms with van der Waals surface area (Å²) in [5, 5.41) is 0. The molecule has 0 aliphatic heterocycles. The maximum absolute atomic E-state index is 12.8. The van der Waals surface area contributed by atoms with Crippen molar-refractivity contribution in [3.05, 3.63) is 46.9 Å². The SMILES string of the molecule is CCN(c1ccc(Br)cc1)c1ncc(F)cn1. The lowest BCUT2D eigenvalue weighted by Crippen LogP contribution is -2.18. The first-order chi connectivity index (χ1) is 8.20. The van der Waals surface area contributed by atoms with E-state index in [1.807, 2.05) is 36.1 Å². The molecule has 0 spiro atoms. The highest BCUT2D eigenvalue weighted by atomic mass is 79.9. The first-order valence-electron chi connectivity index (χ1n) is 5.21. The zero-order valence-electron chi connectivity index (χ0n) is 9.27. The zero-order valence-corrected chi connectivity index (χ0v) is 10.9. The molecule has 1 heterocycles. The van der Waals surface area contributed by atoms with Crippen LogP contribution in [0.2, 0.25) is 0 Å². The first-order valence-corrected chi connectivity index (χ1v) is 6.00. The molecule has 0 unspecified atom stereocenters. The minimum Gasteiger partial charge on any atom is -0.311 e. The minimum atomic E-state index is -0.430. The summed E-state index contributed by atoms with van der Waals surface area (Å²) in [7, 11) is 0. The minimum absolute atomic E-state index is 0.430. The van der Waals surface area contributed by atoms with Gasteiger partial charge in [-0.25, -0.2) is 14.4 Å². The average Bonchev–Trinajstić information content (AvgIpc) is 2.35. The van der Waals surface area contributed by atoms with Gasteiger partial charge in [0.2, 0.25) is 5.95 Å². The van der Waals surface area contributed by atoms with Crippen molar-refractivity contribution in [1.82, 2.24) is 9.97 Å². The first kappa shape index (κ1) is 12.0. The highest BCUT2D eigenvalue weighted by molar-refractivity contribution is 9.10. The highest BCUT2D eigenvalue weighted by Gasteiger charge is 2.09. The molecule has 0 radical (unpaired) electrons. The normalized spacial score (nSPS) is 10.3. The van der Waals surface area contributed by atoms with E-state index in [1.54, 1.807) is 0 Å². The van der Waals surface area contributed by atoms with Crippen LogP contribution in [-0.4, -0.2) is 16.5 Å². The Morgan fingerprint density at radius 3 is 2.29 bits per heavy atom. The number of halogens is 2. The summed E-state index contributed by atoms with van der Waals surface area (Å²) in [6.45, 7) is 2.71. The van der Waals surface area contributed by atoms with Crippen LogP contribution in [0, 0.1) is 5.82 Å². The molecule has 0 saturated heterocycles. The Kier molecular flexibility index (Phi) is 3.68. The smallest absolute Gasteiger partial charge is 0.229 e. The van der Waals surface area contributed by atoms with Crippen molar-refractivity contribution in [2.24, 2.45) is 0 Å². The number of rotatable bonds is 3. The largest absolute Gasteiger partial charge is 0.311 e. The van der Waals surface area contributed by atoms with Gasteiger partial charge in [-0.15, -0.1) is 0 Å². The monoisotopic (exact) mass is 295 g/mol. The maximum atomic E-state index is 12.8. The molecule has 0 aliphatic carbocycles. The quantitative estimate of drug-likeness (QED) is 0.867. The fourth-order valence-electron chi connectivity index (χ4n) is 1.51. The summed E-state index contributed by atoms with van der Waals surface area (Å²) < 4.78 is 13.8. The number of nitrogens with zero attached hydrogens (tertiary/aromatic N) is 3. The van der Waals surface area contributed by atoms with Gasteiger partial charge in [0.1, 0.15) is 0 Å². The Balaban J connectivity index is 2.33. The number of hydrogen-bond acceptors (Lipinski definition) is 3. The summed E-state index contributed by atoms with van der Waals surface area (Å²) >= 11 is 3.38. The molecule has 3 nitrogen and oxygen atoms in total. The van der Waals surface area contributed by atoms with Crippen LogP contribution in [0.4, 0.5) is 16.0 Å². The molecular weight excluding hydrogens is 285 g/mol. The molecule has 0 amide bonds. The van der Waals surface area contributed by atoms with Gasteiger partial charge in [-0.2, -0.15) is 0 Å². The molecule has 0 aliphatic rings. The molecule has 88 valence electrons. The van der Waals surface area contributed by atoms with Gasteiger partial charge in [0, 0.05) is 16.7 Å². The predicted octanol–water partition coefficient (Wildman–Crippen LogP) is 3.54. The lowest BCUT2D eigenvalue weighted by atomic mass is 10.3. The molecule has 17 heavy (non-hydrogen) atoms. The lowest BCUT2D eigenvalue weighted by molar-refractivity contribution is 0.613. The zero-order chi connectivity index (χ0) is 12.3. The van der Waals surface area contributed by atoms with Gasteiger partial charge in [-0.05, 0) is 31.2 Å². The van der Waals surface area contributed by atoms with Gasteiger partial charge in [0.15, 0.2) is 5.82 Å². The van der Waals surface area contributed by atoms with Crippen LogP contribution in [0.3, 0.4) is 0 Å². The van der Waals surface area contributed by atoms with Gasteiger partial charge in [-0.1, -0.05) is 15.9 Å². The van der Waals surface area contributed by atoms with Crippen molar-refractivity contribution in [2.45, 2.75) is 6.92 Å². The van der Waals surface area contributed by atoms with Crippen LogP contribution in [0.5, 0.6) is 0 Å².